The maximum absolute atomic E-state index is 5.85. The predicted molar refractivity (Wildman–Crippen MR) is 62.5 cm³/mol. The summed E-state index contributed by atoms with van der Waals surface area (Å²) in [4.78, 5) is 8.09. The zero-order valence-corrected chi connectivity index (χ0v) is 10.3. The quantitative estimate of drug-likeness (QED) is 0.587. The molecule has 2 heterocycles. The molecule has 0 amide bonds. The van der Waals surface area contributed by atoms with Gasteiger partial charge in [-0.15, -0.1) is 0 Å². The molecule has 2 rings (SSSR count). The van der Waals surface area contributed by atoms with Crippen molar-refractivity contribution in [1.29, 1.82) is 0 Å². The van der Waals surface area contributed by atoms with Crippen molar-refractivity contribution >= 4 is 45.8 Å². The molecule has 3 nitrogen and oxygen atoms in total. The molecule has 6 heteroatoms. The third kappa shape index (κ3) is 1.87. The summed E-state index contributed by atoms with van der Waals surface area (Å²) >= 11 is 13.7. The van der Waals surface area contributed by atoms with Gasteiger partial charge in [0.25, 0.3) is 0 Å². The van der Waals surface area contributed by atoms with Gasteiger partial charge in [-0.3, -0.25) is 0 Å². The minimum Gasteiger partial charge on any atom is -0.461 e. The van der Waals surface area contributed by atoms with E-state index in [1.54, 1.807) is 18.4 Å². The Morgan fingerprint density at radius 1 is 1.21 bits per heavy atom. The van der Waals surface area contributed by atoms with Crippen LogP contribution in [0.25, 0.3) is 11.6 Å². The Hall–Kier alpha value is -0.330. The Kier molecular flexibility index (Phi) is 2.94. The lowest BCUT2D eigenvalue weighted by atomic mass is 10.4. The van der Waals surface area contributed by atoms with Crippen LogP contribution in [-0.2, 0) is 0 Å². The summed E-state index contributed by atoms with van der Waals surface area (Å²) < 4.78 is 5.76. The molecule has 0 unspecified atom stereocenters. The van der Waals surface area contributed by atoms with Gasteiger partial charge in [-0.2, -0.15) is 0 Å². The van der Waals surface area contributed by atoms with Gasteiger partial charge in [0.1, 0.15) is 10.3 Å². The molecule has 0 fully saturated rings. The Bertz CT molecular complexity index is 435. The van der Waals surface area contributed by atoms with Gasteiger partial charge >= 0.3 is 0 Å². The van der Waals surface area contributed by atoms with Gasteiger partial charge in [-0.05, 0) is 34.7 Å². The van der Waals surface area contributed by atoms with Gasteiger partial charge in [0, 0.05) is 0 Å². The second-order valence-corrected chi connectivity index (χ2v) is 4.21. The zero-order chi connectivity index (χ0) is 10.1. The van der Waals surface area contributed by atoms with E-state index in [2.05, 4.69) is 9.97 Å². The Balaban J connectivity index is 2.57. The van der Waals surface area contributed by atoms with Crippen molar-refractivity contribution in [1.82, 2.24) is 9.97 Å². The number of rotatable bonds is 1. The number of nitrogens with zero attached hydrogens (tertiary/aromatic N) is 2. The standard InChI is InChI=1S/C8H3Cl2IN2O/c9-6-5(11)7(10)13-8(12-6)4-2-1-3-14-4/h1-3H. The third-order valence-electron chi connectivity index (χ3n) is 1.51. The number of aromatic nitrogens is 2. The zero-order valence-electron chi connectivity index (χ0n) is 6.67. The van der Waals surface area contributed by atoms with E-state index in [0.29, 0.717) is 25.5 Å². The Labute approximate surface area is 104 Å². The van der Waals surface area contributed by atoms with Gasteiger partial charge in [0.05, 0.1) is 9.83 Å². The van der Waals surface area contributed by atoms with Crippen molar-refractivity contribution < 1.29 is 4.42 Å². The summed E-state index contributed by atoms with van der Waals surface area (Å²) in [7, 11) is 0. The van der Waals surface area contributed by atoms with Gasteiger partial charge < -0.3 is 4.42 Å². The summed E-state index contributed by atoms with van der Waals surface area (Å²) in [5, 5.41) is 0.661. The fourth-order valence-electron chi connectivity index (χ4n) is 0.910. The van der Waals surface area contributed by atoms with Crippen LogP contribution in [0.15, 0.2) is 22.8 Å². The molecule has 0 aliphatic rings. The first-order chi connectivity index (χ1) is 6.68. The van der Waals surface area contributed by atoms with Gasteiger partial charge in [-0.25, -0.2) is 9.97 Å². The summed E-state index contributed by atoms with van der Waals surface area (Å²) in [6.45, 7) is 0. The molecular formula is C8H3Cl2IN2O. The molecule has 0 saturated carbocycles. The molecule has 0 saturated heterocycles. The summed E-state index contributed by atoms with van der Waals surface area (Å²) in [5.41, 5.74) is 0. The average molecular weight is 341 g/mol. The molecule has 0 N–H and O–H groups in total. The normalized spacial score (nSPS) is 10.5. The number of furan rings is 1. The van der Waals surface area contributed by atoms with E-state index >= 15 is 0 Å². The summed E-state index contributed by atoms with van der Waals surface area (Å²) in [6, 6.07) is 3.49. The van der Waals surface area contributed by atoms with E-state index in [1.165, 1.54) is 0 Å². The highest BCUT2D eigenvalue weighted by Gasteiger charge is 2.11. The van der Waals surface area contributed by atoms with Gasteiger partial charge in [-0.1, -0.05) is 23.2 Å². The molecule has 0 radical (unpaired) electrons. The van der Waals surface area contributed by atoms with Crippen molar-refractivity contribution in [2.75, 3.05) is 0 Å². The minimum absolute atomic E-state index is 0.331. The van der Waals surface area contributed by atoms with Crippen LogP contribution in [0.4, 0.5) is 0 Å². The molecule has 0 atom stereocenters. The van der Waals surface area contributed by atoms with E-state index in [9.17, 15) is 0 Å². The predicted octanol–water partition coefficient (Wildman–Crippen LogP) is 3.65. The SMILES string of the molecule is Clc1nc(-c2ccco2)nc(Cl)c1I. The topological polar surface area (TPSA) is 38.9 Å². The second-order valence-electron chi connectivity index (χ2n) is 2.42. The molecule has 2 aromatic rings. The lowest BCUT2D eigenvalue weighted by molar-refractivity contribution is 0.577. The van der Waals surface area contributed by atoms with Crippen LogP contribution in [-0.4, -0.2) is 9.97 Å². The molecule has 0 aliphatic carbocycles. The number of hydrogen-bond donors (Lipinski definition) is 0. The van der Waals surface area contributed by atoms with Crippen LogP contribution in [0.1, 0.15) is 0 Å². The molecule has 72 valence electrons. The van der Waals surface area contributed by atoms with Crippen molar-refractivity contribution in [3.05, 3.63) is 32.3 Å². The highest BCUT2D eigenvalue weighted by Crippen LogP contribution is 2.26. The van der Waals surface area contributed by atoms with Crippen LogP contribution >= 0.6 is 45.8 Å². The van der Waals surface area contributed by atoms with Crippen molar-refractivity contribution in [2.24, 2.45) is 0 Å². The largest absolute Gasteiger partial charge is 0.461 e. The van der Waals surface area contributed by atoms with E-state index in [1.807, 2.05) is 22.6 Å². The maximum Gasteiger partial charge on any atom is 0.198 e. The molecule has 0 spiro atoms. The fourth-order valence-corrected chi connectivity index (χ4v) is 1.54. The molecule has 14 heavy (non-hydrogen) atoms. The average Bonchev–Trinajstić information content (AvgIpc) is 2.66. The van der Waals surface area contributed by atoms with E-state index in [-0.39, 0.29) is 0 Å². The third-order valence-corrected chi connectivity index (χ3v) is 3.72. The highest BCUT2D eigenvalue weighted by atomic mass is 127. The first-order valence-electron chi connectivity index (χ1n) is 3.61. The Morgan fingerprint density at radius 3 is 2.36 bits per heavy atom. The smallest absolute Gasteiger partial charge is 0.198 e. The Morgan fingerprint density at radius 2 is 1.86 bits per heavy atom. The van der Waals surface area contributed by atoms with Crippen molar-refractivity contribution in [3.63, 3.8) is 0 Å². The molecule has 0 bridgehead atoms. The van der Waals surface area contributed by atoms with E-state index in [4.69, 9.17) is 27.6 Å². The monoisotopic (exact) mass is 340 g/mol. The van der Waals surface area contributed by atoms with Crippen LogP contribution in [0, 0.1) is 3.57 Å². The van der Waals surface area contributed by atoms with Crippen molar-refractivity contribution in [3.8, 4) is 11.6 Å². The summed E-state index contributed by atoms with van der Waals surface area (Å²) in [5.74, 6) is 0.940. The van der Waals surface area contributed by atoms with Crippen molar-refractivity contribution in [2.45, 2.75) is 0 Å². The van der Waals surface area contributed by atoms with Crippen LogP contribution in [0.5, 0.6) is 0 Å². The number of halogens is 3. The van der Waals surface area contributed by atoms with Crippen LogP contribution in [0.2, 0.25) is 10.3 Å². The summed E-state index contributed by atoms with van der Waals surface area (Å²) in [6.07, 6.45) is 1.54. The van der Waals surface area contributed by atoms with Crippen LogP contribution in [0.3, 0.4) is 0 Å². The molecule has 2 aromatic heterocycles. The molecular weight excluding hydrogens is 338 g/mol. The maximum atomic E-state index is 5.85. The number of hydrogen-bond acceptors (Lipinski definition) is 3. The highest BCUT2D eigenvalue weighted by molar-refractivity contribution is 14.1. The molecule has 0 aliphatic heterocycles. The van der Waals surface area contributed by atoms with E-state index < -0.39 is 0 Å². The lowest BCUT2D eigenvalue weighted by Crippen LogP contribution is -1.92. The fraction of sp³-hybridized carbons (Fsp3) is 0. The molecule has 0 aromatic carbocycles. The first-order valence-corrected chi connectivity index (χ1v) is 5.44. The minimum atomic E-state index is 0.331. The second kappa shape index (κ2) is 4.04. The first kappa shape index (κ1) is 10.2. The lowest BCUT2D eigenvalue weighted by Gasteiger charge is -2.00. The van der Waals surface area contributed by atoms with Gasteiger partial charge in [0.15, 0.2) is 11.6 Å². The van der Waals surface area contributed by atoms with Crippen LogP contribution < -0.4 is 0 Å². The van der Waals surface area contributed by atoms with Gasteiger partial charge in [0.2, 0.25) is 0 Å². The van der Waals surface area contributed by atoms with E-state index in [0.717, 1.165) is 0 Å².